The number of furan rings is 1. The summed E-state index contributed by atoms with van der Waals surface area (Å²) < 4.78 is 8.85. The van der Waals surface area contributed by atoms with Crippen LogP contribution in [0.1, 0.15) is 17.5 Å². The Morgan fingerprint density at radius 2 is 2.33 bits per heavy atom. The molecular formula is C15H12BrN3OS. The van der Waals surface area contributed by atoms with Gasteiger partial charge in [-0.15, -0.1) is 11.3 Å². The molecule has 4 nitrogen and oxygen atoms in total. The average Bonchev–Trinajstić information content (AvgIpc) is 3.11. The summed E-state index contributed by atoms with van der Waals surface area (Å²) in [4.78, 5) is 5.55. The van der Waals surface area contributed by atoms with E-state index in [-0.39, 0.29) is 6.04 Å². The maximum Gasteiger partial charge on any atom is 0.193 e. The van der Waals surface area contributed by atoms with Crippen LogP contribution in [-0.2, 0) is 6.42 Å². The molecule has 4 rings (SSSR count). The van der Waals surface area contributed by atoms with Crippen molar-refractivity contribution in [2.75, 3.05) is 0 Å². The van der Waals surface area contributed by atoms with Gasteiger partial charge in [0, 0.05) is 29.6 Å². The Morgan fingerprint density at radius 3 is 3.14 bits per heavy atom. The van der Waals surface area contributed by atoms with E-state index in [0.717, 1.165) is 31.9 Å². The third-order valence-electron chi connectivity index (χ3n) is 3.45. The standard InChI is InChI=1S/C15H12BrN3OS/c16-11-3-1-2-9-6-13(20-14(9)11)12(17)7-10-8-19-4-5-21-15(19)18-10/h1-6,8,12H,7,17H2. The Hall–Kier alpha value is -1.63. The van der Waals surface area contributed by atoms with Crippen molar-refractivity contribution in [1.29, 1.82) is 0 Å². The number of benzene rings is 1. The van der Waals surface area contributed by atoms with E-state index in [4.69, 9.17) is 10.2 Å². The van der Waals surface area contributed by atoms with Crippen molar-refractivity contribution in [3.63, 3.8) is 0 Å². The fraction of sp³-hybridized carbons (Fsp3) is 0.133. The van der Waals surface area contributed by atoms with Crippen LogP contribution >= 0.6 is 27.3 Å². The second kappa shape index (κ2) is 4.98. The quantitative estimate of drug-likeness (QED) is 0.596. The third-order valence-corrected chi connectivity index (χ3v) is 4.85. The second-order valence-electron chi connectivity index (χ2n) is 4.94. The number of para-hydroxylation sites is 1. The first kappa shape index (κ1) is 13.1. The molecule has 0 aliphatic rings. The number of nitrogens with two attached hydrogens (primary N) is 1. The zero-order valence-corrected chi connectivity index (χ0v) is 13.4. The van der Waals surface area contributed by atoms with Crippen LogP contribution in [0.15, 0.2) is 50.9 Å². The Kier molecular flexibility index (Phi) is 3.10. The zero-order valence-electron chi connectivity index (χ0n) is 11.0. The first-order valence-electron chi connectivity index (χ1n) is 6.55. The van der Waals surface area contributed by atoms with Crippen molar-refractivity contribution in [2.45, 2.75) is 12.5 Å². The number of hydrogen-bond donors (Lipinski definition) is 1. The monoisotopic (exact) mass is 361 g/mol. The molecule has 0 aliphatic carbocycles. The van der Waals surface area contributed by atoms with E-state index in [1.54, 1.807) is 11.3 Å². The van der Waals surface area contributed by atoms with Crippen LogP contribution in [0.4, 0.5) is 0 Å². The van der Waals surface area contributed by atoms with Gasteiger partial charge in [0.1, 0.15) is 11.3 Å². The van der Waals surface area contributed by atoms with Crippen LogP contribution in [0.25, 0.3) is 15.9 Å². The van der Waals surface area contributed by atoms with Crippen LogP contribution in [0.2, 0.25) is 0 Å². The minimum Gasteiger partial charge on any atom is -0.458 e. The molecule has 106 valence electrons. The van der Waals surface area contributed by atoms with Gasteiger partial charge < -0.3 is 10.2 Å². The summed E-state index contributed by atoms with van der Waals surface area (Å²) in [6.07, 6.45) is 4.68. The number of imidazole rings is 1. The van der Waals surface area contributed by atoms with Crippen molar-refractivity contribution in [3.8, 4) is 0 Å². The molecule has 1 unspecified atom stereocenters. The van der Waals surface area contributed by atoms with E-state index in [2.05, 4.69) is 20.9 Å². The first-order valence-corrected chi connectivity index (χ1v) is 8.22. The number of nitrogens with zero attached hydrogens (tertiary/aromatic N) is 2. The number of thiazole rings is 1. The van der Waals surface area contributed by atoms with E-state index in [1.807, 2.05) is 46.4 Å². The lowest BCUT2D eigenvalue weighted by atomic mass is 10.1. The van der Waals surface area contributed by atoms with Gasteiger partial charge in [0.2, 0.25) is 0 Å². The highest BCUT2D eigenvalue weighted by Crippen LogP contribution is 2.30. The fourth-order valence-corrected chi connectivity index (χ4v) is 3.61. The van der Waals surface area contributed by atoms with Gasteiger partial charge in [-0.2, -0.15) is 0 Å². The Labute approximate surface area is 133 Å². The van der Waals surface area contributed by atoms with E-state index in [9.17, 15) is 0 Å². The molecule has 0 saturated heterocycles. The van der Waals surface area contributed by atoms with Crippen LogP contribution in [0.3, 0.4) is 0 Å². The van der Waals surface area contributed by atoms with Gasteiger partial charge in [0.15, 0.2) is 4.96 Å². The predicted octanol–water partition coefficient (Wildman–Crippen LogP) is 4.15. The maximum atomic E-state index is 6.28. The lowest BCUT2D eigenvalue weighted by Crippen LogP contribution is -2.12. The normalized spacial score (nSPS) is 13.2. The lowest BCUT2D eigenvalue weighted by Gasteiger charge is -2.05. The van der Waals surface area contributed by atoms with Gasteiger partial charge >= 0.3 is 0 Å². The Morgan fingerprint density at radius 1 is 1.43 bits per heavy atom. The van der Waals surface area contributed by atoms with E-state index >= 15 is 0 Å². The number of fused-ring (bicyclic) bond motifs is 2. The zero-order chi connectivity index (χ0) is 14.4. The summed E-state index contributed by atoms with van der Waals surface area (Å²) in [6.45, 7) is 0. The van der Waals surface area contributed by atoms with Crippen LogP contribution in [0, 0.1) is 0 Å². The van der Waals surface area contributed by atoms with Gasteiger partial charge in [-0.05, 0) is 28.1 Å². The summed E-state index contributed by atoms with van der Waals surface area (Å²) in [5, 5.41) is 3.07. The van der Waals surface area contributed by atoms with Crippen molar-refractivity contribution in [3.05, 3.63) is 58.0 Å². The molecule has 21 heavy (non-hydrogen) atoms. The molecule has 0 radical (unpaired) electrons. The summed E-state index contributed by atoms with van der Waals surface area (Å²) in [7, 11) is 0. The summed E-state index contributed by atoms with van der Waals surface area (Å²) in [6, 6.07) is 7.77. The number of hydrogen-bond acceptors (Lipinski definition) is 4. The summed E-state index contributed by atoms with van der Waals surface area (Å²) in [5.41, 5.74) is 8.10. The predicted molar refractivity (Wildman–Crippen MR) is 87.6 cm³/mol. The third kappa shape index (κ3) is 2.29. The molecule has 4 aromatic rings. The van der Waals surface area contributed by atoms with Crippen LogP contribution < -0.4 is 5.73 Å². The van der Waals surface area contributed by atoms with Crippen molar-refractivity contribution in [1.82, 2.24) is 9.38 Å². The molecule has 0 bridgehead atoms. The van der Waals surface area contributed by atoms with Crippen molar-refractivity contribution < 1.29 is 4.42 Å². The SMILES string of the molecule is NC(Cc1cn2ccsc2n1)c1cc2cccc(Br)c2o1. The van der Waals surface area contributed by atoms with Gasteiger partial charge in [-0.25, -0.2) is 4.98 Å². The molecule has 0 aliphatic heterocycles. The van der Waals surface area contributed by atoms with Crippen LogP contribution in [0.5, 0.6) is 0 Å². The molecular weight excluding hydrogens is 350 g/mol. The lowest BCUT2D eigenvalue weighted by molar-refractivity contribution is 0.491. The summed E-state index contributed by atoms with van der Waals surface area (Å²) >= 11 is 5.11. The van der Waals surface area contributed by atoms with Crippen molar-refractivity contribution >= 4 is 43.2 Å². The Bertz CT molecular complexity index is 895. The fourth-order valence-electron chi connectivity index (χ4n) is 2.43. The van der Waals surface area contributed by atoms with E-state index in [0.29, 0.717) is 6.42 Å². The molecule has 1 atom stereocenters. The molecule has 0 fully saturated rings. The minimum absolute atomic E-state index is 0.200. The number of halogens is 1. The Balaban J connectivity index is 1.64. The van der Waals surface area contributed by atoms with Crippen molar-refractivity contribution in [2.24, 2.45) is 5.73 Å². The maximum absolute atomic E-state index is 6.28. The topological polar surface area (TPSA) is 56.5 Å². The largest absolute Gasteiger partial charge is 0.458 e. The minimum atomic E-state index is -0.200. The molecule has 1 aromatic carbocycles. The average molecular weight is 362 g/mol. The smallest absolute Gasteiger partial charge is 0.193 e. The molecule has 3 aromatic heterocycles. The molecule has 0 saturated carbocycles. The highest BCUT2D eigenvalue weighted by molar-refractivity contribution is 9.10. The molecule has 3 heterocycles. The van der Waals surface area contributed by atoms with E-state index in [1.165, 1.54) is 0 Å². The van der Waals surface area contributed by atoms with Gasteiger partial charge in [-0.3, -0.25) is 4.40 Å². The highest BCUT2D eigenvalue weighted by atomic mass is 79.9. The molecule has 6 heteroatoms. The van der Waals surface area contributed by atoms with Gasteiger partial charge in [-0.1, -0.05) is 12.1 Å². The second-order valence-corrected chi connectivity index (χ2v) is 6.67. The summed E-state index contributed by atoms with van der Waals surface area (Å²) in [5.74, 6) is 0.785. The molecule has 2 N–H and O–H groups in total. The highest BCUT2D eigenvalue weighted by Gasteiger charge is 2.15. The molecule has 0 spiro atoms. The first-order chi connectivity index (χ1) is 10.2. The van der Waals surface area contributed by atoms with Crippen LogP contribution in [-0.4, -0.2) is 9.38 Å². The number of aromatic nitrogens is 2. The van der Waals surface area contributed by atoms with E-state index < -0.39 is 0 Å². The van der Waals surface area contributed by atoms with Gasteiger partial charge in [0.25, 0.3) is 0 Å². The molecule has 0 amide bonds. The number of rotatable bonds is 3. The van der Waals surface area contributed by atoms with Gasteiger partial charge in [0.05, 0.1) is 16.2 Å².